The molecule has 2 fully saturated rings. The molecule has 0 bridgehead atoms. The molecule has 2 aromatic carbocycles. The van der Waals surface area contributed by atoms with Crippen molar-refractivity contribution >= 4 is 5.57 Å². The summed E-state index contributed by atoms with van der Waals surface area (Å²) in [4.78, 5) is 0. The summed E-state index contributed by atoms with van der Waals surface area (Å²) in [6.45, 7) is 2.31. The average molecular weight is 515 g/mol. The largest absolute Gasteiger partial charge is 0.573 e. The second-order valence-corrected chi connectivity index (χ2v) is 11.7. The van der Waals surface area contributed by atoms with E-state index < -0.39 is 6.36 Å². The molecule has 5 heteroatoms. The fourth-order valence-electron chi connectivity index (χ4n) is 7.03. The van der Waals surface area contributed by atoms with E-state index in [0.717, 1.165) is 67.6 Å². The van der Waals surface area contributed by atoms with Crippen molar-refractivity contribution in [1.82, 2.24) is 0 Å². The monoisotopic (exact) mass is 514 g/mol. The van der Waals surface area contributed by atoms with Crippen LogP contribution in [-0.4, -0.2) is 6.36 Å². The Bertz CT molecular complexity index is 1070. The summed E-state index contributed by atoms with van der Waals surface area (Å²) in [6, 6.07) is 12.4. The van der Waals surface area contributed by atoms with Gasteiger partial charge in [-0.3, -0.25) is 0 Å². The van der Waals surface area contributed by atoms with Gasteiger partial charge in [-0.25, -0.2) is 4.39 Å². The van der Waals surface area contributed by atoms with Crippen LogP contribution in [0.1, 0.15) is 106 Å². The van der Waals surface area contributed by atoms with E-state index in [4.69, 9.17) is 0 Å². The molecule has 1 nitrogen and oxygen atoms in total. The number of hydrogen-bond donors (Lipinski definition) is 0. The van der Waals surface area contributed by atoms with E-state index in [2.05, 4.69) is 23.8 Å². The fraction of sp³-hybridized carbons (Fsp3) is 0.562. The van der Waals surface area contributed by atoms with E-state index in [9.17, 15) is 13.2 Å². The predicted molar refractivity (Wildman–Crippen MR) is 140 cm³/mol. The van der Waals surface area contributed by atoms with Gasteiger partial charge in [0, 0.05) is 5.56 Å². The van der Waals surface area contributed by atoms with Gasteiger partial charge < -0.3 is 4.74 Å². The number of allylic oxidation sites excluding steroid dienone is 2. The summed E-state index contributed by atoms with van der Waals surface area (Å²) in [6.07, 6.45) is 9.90. The Labute approximate surface area is 218 Å². The molecule has 5 rings (SSSR count). The van der Waals surface area contributed by atoms with Crippen LogP contribution < -0.4 is 4.74 Å². The summed E-state index contributed by atoms with van der Waals surface area (Å²) in [5.41, 5.74) is 4.21. The zero-order chi connectivity index (χ0) is 26.0. The number of ether oxygens (including phenoxy) is 1. The van der Waals surface area contributed by atoms with E-state index in [1.807, 2.05) is 6.07 Å². The van der Waals surface area contributed by atoms with Crippen LogP contribution in [0.3, 0.4) is 0 Å². The molecule has 2 aromatic rings. The normalized spacial score (nSPS) is 29.0. The molecule has 1 unspecified atom stereocenters. The van der Waals surface area contributed by atoms with Crippen molar-refractivity contribution in [3.8, 4) is 5.75 Å². The summed E-state index contributed by atoms with van der Waals surface area (Å²) in [5.74, 6) is 2.78. The topological polar surface area (TPSA) is 9.23 Å². The first-order valence-corrected chi connectivity index (χ1v) is 14.1. The summed E-state index contributed by atoms with van der Waals surface area (Å²) in [7, 11) is 0. The summed E-state index contributed by atoms with van der Waals surface area (Å²) < 4.78 is 56.3. The average Bonchev–Trinajstić information content (AvgIpc) is 2.89. The van der Waals surface area contributed by atoms with Crippen LogP contribution in [0, 0.1) is 23.6 Å². The molecule has 3 aliphatic rings. The molecule has 2 saturated carbocycles. The summed E-state index contributed by atoms with van der Waals surface area (Å²) in [5, 5.41) is 0. The fourth-order valence-corrected chi connectivity index (χ4v) is 7.03. The van der Waals surface area contributed by atoms with Crippen LogP contribution in [-0.2, 0) is 0 Å². The van der Waals surface area contributed by atoms with Crippen LogP contribution >= 0.6 is 0 Å². The summed E-state index contributed by atoms with van der Waals surface area (Å²) >= 11 is 0. The second-order valence-electron chi connectivity index (χ2n) is 11.7. The third-order valence-electron chi connectivity index (χ3n) is 9.30. The van der Waals surface area contributed by atoms with Gasteiger partial charge in [0.25, 0.3) is 0 Å². The van der Waals surface area contributed by atoms with Crippen molar-refractivity contribution in [2.24, 2.45) is 17.8 Å². The lowest BCUT2D eigenvalue weighted by atomic mass is 9.70. The molecule has 0 spiro atoms. The molecule has 0 aliphatic heterocycles. The van der Waals surface area contributed by atoms with Crippen LogP contribution in [0.25, 0.3) is 5.57 Å². The molecule has 0 aromatic heterocycles. The quantitative estimate of drug-likeness (QED) is 0.361. The van der Waals surface area contributed by atoms with Crippen molar-refractivity contribution in [3.63, 3.8) is 0 Å². The Morgan fingerprint density at radius 1 is 0.730 bits per heavy atom. The van der Waals surface area contributed by atoms with Crippen LogP contribution in [0.2, 0.25) is 0 Å². The first-order chi connectivity index (χ1) is 17.7. The third kappa shape index (κ3) is 6.59. The highest BCUT2D eigenvalue weighted by Crippen LogP contribution is 2.44. The number of benzene rings is 2. The lowest BCUT2D eigenvalue weighted by molar-refractivity contribution is -0.274. The van der Waals surface area contributed by atoms with Crippen molar-refractivity contribution in [3.05, 3.63) is 71.0 Å². The van der Waals surface area contributed by atoms with Crippen molar-refractivity contribution in [2.75, 3.05) is 0 Å². The zero-order valence-electron chi connectivity index (χ0n) is 21.7. The Hall–Kier alpha value is -2.30. The van der Waals surface area contributed by atoms with Gasteiger partial charge in [0.05, 0.1) is 0 Å². The molecular weight excluding hydrogens is 476 g/mol. The van der Waals surface area contributed by atoms with Crippen molar-refractivity contribution in [2.45, 2.75) is 95.8 Å². The first kappa shape index (κ1) is 26.3. The molecule has 0 saturated heterocycles. The van der Waals surface area contributed by atoms with Crippen LogP contribution in [0.5, 0.6) is 5.75 Å². The van der Waals surface area contributed by atoms with E-state index in [0.29, 0.717) is 23.7 Å². The van der Waals surface area contributed by atoms with Gasteiger partial charge in [0.2, 0.25) is 0 Å². The smallest absolute Gasteiger partial charge is 0.406 e. The number of alkyl halides is 3. The Morgan fingerprint density at radius 2 is 1.35 bits per heavy atom. The minimum atomic E-state index is -4.66. The van der Waals surface area contributed by atoms with Crippen LogP contribution in [0.15, 0.2) is 48.5 Å². The molecule has 0 N–H and O–H groups in total. The first-order valence-electron chi connectivity index (χ1n) is 14.1. The van der Waals surface area contributed by atoms with Gasteiger partial charge >= 0.3 is 6.36 Å². The molecular formula is C32H38F4O. The SMILES string of the molecule is CC1CCC(c2ccc(C3=CCC(C4CCC(c5ccc(OC(F)(F)F)cc5)CC4)CC3)c(F)c2)CC1. The van der Waals surface area contributed by atoms with Gasteiger partial charge in [-0.15, -0.1) is 13.2 Å². The maximum Gasteiger partial charge on any atom is 0.573 e. The minimum Gasteiger partial charge on any atom is -0.406 e. The van der Waals surface area contributed by atoms with Gasteiger partial charge in [-0.05, 0) is 122 Å². The van der Waals surface area contributed by atoms with Crippen molar-refractivity contribution < 1.29 is 22.3 Å². The third-order valence-corrected chi connectivity index (χ3v) is 9.30. The van der Waals surface area contributed by atoms with E-state index in [1.54, 1.807) is 18.2 Å². The van der Waals surface area contributed by atoms with E-state index in [1.165, 1.54) is 43.4 Å². The molecule has 1 atom stereocenters. The second kappa shape index (κ2) is 11.2. The Balaban J connectivity index is 1.13. The van der Waals surface area contributed by atoms with Crippen molar-refractivity contribution in [1.29, 1.82) is 0 Å². The highest BCUT2D eigenvalue weighted by atomic mass is 19.4. The van der Waals surface area contributed by atoms with E-state index >= 15 is 4.39 Å². The molecule has 0 heterocycles. The lowest BCUT2D eigenvalue weighted by Crippen LogP contribution is -2.22. The number of rotatable bonds is 5. The Morgan fingerprint density at radius 3 is 1.95 bits per heavy atom. The molecule has 0 amide bonds. The van der Waals surface area contributed by atoms with Gasteiger partial charge in [0.15, 0.2) is 0 Å². The predicted octanol–water partition coefficient (Wildman–Crippen LogP) is 10.2. The maximum atomic E-state index is 15.1. The highest BCUT2D eigenvalue weighted by molar-refractivity contribution is 5.67. The van der Waals surface area contributed by atoms with E-state index in [-0.39, 0.29) is 11.6 Å². The maximum absolute atomic E-state index is 15.1. The Kier molecular flexibility index (Phi) is 7.97. The highest BCUT2D eigenvalue weighted by Gasteiger charge is 2.32. The minimum absolute atomic E-state index is 0.0621. The van der Waals surface area contributed by atoms with Gasteiger partial charge in [-0.1, -0.05) is 50.1 Å². The van der Waals surface area contributed by atoms with Gasteiger partial charge in [-0.2, -0.15) is 0 Å². The van der Waals surface area contributed by atoms with Gasteiger partial charge in [0.1, 0.15) is 11.6 Å². The molecule has 200 valence electrons. The van der Waals surface area contributed by atoms with Crippen LogP contribution in [0.4, 0.5) is 17.6 Å². The standard InChI is InChI=1S/C32H38F4O/c1-21-2-4-26(5-3-21)28-16-19-30(31(33)20-28)27-12-10-24(11-13-27)22-6-8-23(9-7-22)25-14-17-29(18-15-25)37-32(34,35)36/h12,14-24,26H,2-11,13H2,1H3. The molecule has 0 radical (unpaired) electrons. The number of halogens is 4. The lowest BCUT2D eigenvalue weighted by Gasteiger charge is -2.36. The molecule has 3 aliphatic carbocycles. The number of hydrogen-bond acceptors (Lipinski definition) is 1. The zero-order valence-corrected chi connectivity index (χ0v) is 21.7. The molecule has 37 heavy (non-hydrogen) atoms.